The van der Waals surface area contributed by atoms with Crippen LogP contribution in [0, 0.1) is 6.92 Å². The molecule has 2 rings (SSSR count). The van der Waals surface area contributed by atoms with Gasteiger partial charge in [0.15, 0.2) is 0 Å². The number of halogens is 2. The molecule has 0 aromatic heterocycles. The summed E-state index contributed by atoms with van der Waals surface area (Å²) >= 11 is 9.21. The van der Waals surface area contributed by atoms with Crippen LogP contribution < -0.4 is 10.5 Å². The fourth-order valence-corrected chi connectivity index (χ4v) is 3.36. The van der Waals surface area contributed by atoms with E-state index in [2.05, 4.69) is 20.7 Å². The molecule has 0 atom stereocenters. The molecule has 0 aliphatic rings. The van der Waals surface area contributed by atoms with Crippen molar-refractivity contribution in [2.75, 3.05) is 10.5 Å². The molecule has 3 N–H and O–H groups in total. The van der Waals surface area contributed by atoms with Crippen molar-refractivity contribution < 1.29 is 8.42 Å². The van der Waals surface area contributed by atoms with Crippen LogP contribution in [0.2, 0.25) is 5.02 Å². The van der Waals surface area contributed by atoms with E-state index in [4.69, 9.17) is 17.3 Å². The van der Waals surface area contributed by atoms with Crippen molar-refractivity contribution in [1.29, 1.82) is 0 Å². The Morgan fingerprint density at radius 3 is 2.60 bits per heavy atom. The molecule has 0 spiro atoms. The summed E-state index contributed by atoms with van der Waals surface area (Å²) in [7, 11) is -3.70. The van der Waals surface area contributed by atoms with Crippen LogP contribution in [0.3, 0.4) is 0 Å². The smallest absolute Gasteiger partial charge is 0.261 e. The summed E-state index contributed by atoms with van der Waals surface area (Å²) < 4.78 is 28.0. The summed E-state index contributed by atoms with van der Waals surface area (Å²) in [5.74, 6) is 0. The molecule has 4 nitrogen and oxygen atoms in total. The number of benzene rings is 2. The molecule has 0 saturated carbocycles. The first-order chi connectivity index (χ1) is 9.31. The summed E-state index contributed by atoms with van der Waals surface area (Å²) in [6.07, 6.45) is 0. The monoisotopic (exact) mass is 374 g/mol. The zero-order valence-corrected chi connectivity index (χ0v) is 13.7. The van der Waals surface area contributed by atoms with E-state index in [-0.39, 0.29) is 9.92 Å². The van der Waals surface area contributed by atoms with Crippen molar-refractivity contribution in [1.82, 2.24) is 0 Å². The molecular formula is C13H12BrClN2O2S. The van der Waals surface area contributed by atoms with Crippen molar-refractivity contribution in [2.24, 2.45) is 0 Å². The summed E-state index contributed by atoms with van der Waals surface area (Å²) in [6, 6.07) is 9.49. The lowest BCUT2D eigenvalue weighted by Crippen LogP contribution is -2.14. The molecule has 0 aliphatic carbocycles. The fraction of sp³-hybridized carbons (Fsp3) is 0.0769. The van der Waals surface area contributed by atoms with Crippen molar-refractivity contribution in [3.05, 3.63) is 51.5 Å². The van der Waals surface area contributed by atoms with E-state index in [1.165, 1.54) is 18.2 Å². The van der Waals surface area contributed by atoms with Gasteiger partial charge in [0, 0.05) is 4.47 Å². The molecule has 0 radical (unpaired) electrons. The molecule has 0 saturated heterocycles. The van der Waals surface area contributed by atoms with Crippen LogP contribution in [-0.4, -0.2) is 8.42 Å². The Hall–Kier alpha value is -1.24. The predicted octanol–water partition coefficient (Wildman–Crippen LogP) is 3.79. The largest absolute Gasteiger partial charge is 0.398 e. The lowest BCUT2D eigenvalue weighted by Gasteiger charge is -2.12. The summed E-state index contributed by atoms with van der Waals surface area (Å²) in [5, 5.41) is 0.207. The summed E-state index contributed by atoms with van der Waals surface area (Å²) in [5.41, 5.74) is 7.22. The summed E-state index contributed by atoms with van der Waals surface area (Å²) in [4.78, 5) is 0.0658. The zero-order valence-electron chi connectivity index (χ0n) is 10.5. The third kappa shape index (κ3) is 3.08. The number of sulfonamides is 1. The van der Waals surface area contributed by atoms with Crippen LogP contribution in [0.4, 0.5) is 11.4 Å². The highest BCUT2D eigenvalue weighted by Crippen LogP contribution is 2.27. The van der Waals surface area contributed by atoms with Gasteiger partial charge in [-0.05, 0) is 42.8 Å². The Morgan fingerprint density at radius 2 is 1.95 bits per heavy atom. The number of anilines is 2. The minimum absolute atomic E-state index is 0.0658. The number of nitrogens with two attached hydrogens (primary N) is 1. The Balaban J connectivity index is 2.41. The van der Waals surface area contributed by atoms with Crippen molar-refractivity contribution in [3.63, 3.8) is 0 Å². The fourth-order valence-electron chi connectivity index (χ4n) is 1.60. The van der Waals surface area contributed by atoms with Crippen LogP contribution in [0.5, 0.6) is 0 Å². The SMILES string of the molecule is Cc1c(Br)cccc1NS(=O)(=O)c1ccc(N)c(Cl)c1. The van der Waals surface area contributed by atoms with E-state index in [1.54, 1.807) is 12.1 Å². The van der Waals surface area contributed by atoms with E-state index in [0.29, 0.717) is 11.4 Å². The molecule has 0 unspecified atom stereocenters. The van der Waals surface area contributed by atoms with E-state index in [0.717, 1.165) is 10.0 Å². The minimum atomic E-state index is -3.70. The van der Waals surface area contributed by atoms with Gasteiger partial charge < -0.3 is 5.73 Å². The average molecular weight is 376 g/mol. The molecule has 7 heteroatoms. The number of rotatable bonds is 3. The zero-order chi connectivity index (χ0) is 14.9. The molecule has 20 heavy (non-hydrogen) atoms. The lowest BCUT2D eigenvalue weighted by molar-refractivity contribution is 0.601. The molecule has 2 aromatic carbocycles. The van der Waals surface area contributed by atoms with Gasteiger partial charge in [0.1, 0.15) is 0 Å². The van der Waals surface area contributed by atoms with E-state index in [1.807, 2.05) is 13.0 Å². The third-order valence-corrected chi connectivity index (χ3v) is 5.34. The van der Waals surface area contributed by atoms with Gasteiger partial charge in [-0.15, -0.1) is 0 Å². The van der Waals surface area contributed by atoms with Gasteiger partial charge >= 0.3 is 0 Å². The first-order valence-electron chi connectivity index (χ1n) is 5.64. The Labute approximate surface area is 131 Å². The van der Waals surface area contributed by atoms with Crippen LogP contribution in [0.15, 0.2) is 45.8 Å². The topological polar surface area (TPSA) is 72.2 Å². The third-order valence-electron chi connectivity index (χ3n) is 2.79. The lowest BCUT2D eigenvalue weighted by atomic mass is 10.2. The molecule has 0 heterocycles. The summed E-state index contributed by atoms with van der Waals surface area (Å²) in [6.45, 7) is 1.82. The maximum atomic E-state index is 12.3. The molecule has 2 aromatic rings. The standard InChI is InChI=1S/C13H12BrClN2O2S/c1-8-10(14)3-2-4-13(8)17-20(18,19)9-5-6-12(16)11(15)7-9/h2-7,17H,16H2,1H3. The predicted molar refractivity (Wildman–Crippen MR) is 85.6 cm³/mol. The number of nitrogen functional groups attached to an aromatic ring is 1. The molecule has 0 aliphatic heterocycles. The van der Waals surface area contributed by atoms with Crippen LogP contribution in [-0.2, 0) is 10.0 Å². The van der Waals surface area contributed by atoms with Gasteiger partial charge in [0.25, 0.3) is 10.0 Å². The molecular weight excluding hydrogens is 364 g/mol. The molecule has 0 fully saturated rings. The van der Waals surface area contributed by atoms with Gasteiger partial charge in [-0.1, -0.05) is 33.6 Å². The van der Waals surface area contributed by atoms with Gasteiger partial charge in [0.05, 0.1) is 21.3 Å². The van der Waals surface area contributed by atoms with Gasteiger partial charge in [0.2, 0.25) is 0 Å². The second kappa shape index (κ2) is 5.63. The number of hydrogen-bond donors (Lipinski definition) is 2. The van der Waals surface area contributed by atoms with Gasteiger partial charge in [-0.25, -0.2) is 8.42 Å². The highest BCUT2D eigenvalue weighted by Gasteiger charge is 2.16. The number of hydrogen-bond acceptors (Lipinski definition) is 3. The molecule has 106 valence electrons. The van der Waals surface area contributed by atoms with Gasteiger partial charge in [-0.2, -0.15) is 0 Å². The highest BCUT2D eigenvalue weighted by atomic mass is 79.9. The maximum absolute atomic E-state index is 12.3. The Kier molecular flexibility index (Phi) is 4.27. The first kappa shape index (κ1) is 15.2. The average Bonchev–Trinajstić information content (AvgIpc) is 2.38. The van der Waals surface area contributed by atoms with Crippen LogP contribution in [0.1, 0.15) is 5.56 Å². The first-order valence-corrected chi connectivity index (χ1v) is 8.29. The molecule has 0 amide bonds. The van der Waals surface area contributed by atoms with Crippen LogP contribution >= 0.6 is 27.5 Å². The van der Waals surface area contributed by atoms with Gasteiger partial charge in [-0.3, -0.25) is 4.72 Å². The van der Waals surface area contributed by atoms with Crippen molar-refractivity contribution in [2.45, 2.75) is 11.8 Å². The Bertz CT molecular complexity index is 763. The minimum Gasteiger partial charge on any atom is -0.398 e. The number of nitrogens with one attached hydrogen (secondary N) is 1. The van der Waals surface area contributed by atoms with Crippen molar-refractivity contribution in [3.8, 4) is 0 Å². The van der Waals surface area contributed by atoms with Crippen molar-refractivity contribution >= 4 is 48.9 Å². The van der Waals surface area contributed by atoms with Crippen LogP contribution in [0.25, 0.3) is 0 Å². The normalized spacial score (nSPS) is 11.3. The Morgan fingerprint density at radius 1 is 1.25 bits per heavy atom. The van der Waals surface area contributed by atoms with E-state index >= 15 is 0 Å². The maximum Gasteiger partial charge on any atom is 0.261 e. The second-order valence-electron chi connectivity index (χ2n) is 4.20. The second-order valence-corrected chi connectivity index (χ2v) is 7.15. The quantitative estimate of drug-likeness (QED) is 0.802. The highest BCUT2D eigenvalue weighted by molar-refractivity contribution is 9.10. The molecule has 0 bridgehead atoms. The van der Waals surface area contributed by atoms with E-state index < -0.39 is 10.0 Å². The van der Waals surface area contributed by atoms with E-state index in [9.17, 15) is 8.42 Å².